The molecule has 8 heteroatoms. The lowest BCUT2D eigenvalue weighted by Gasteiger charge is -2.32. The van der Waals surface area contributed by atoms with E-state index in [9.17, 15) is 0 Å². The molecule has 0 bridgehead atoms. The van der Waals surface area contributed by atoms with Crippen LogP contribution in [0.15, 0.2) is 0 Å². The molecule has 1 saturated heterocycles. The highest BCUT2D eigenvalue weighted by atomic mass is 16.7. The molecule has 0 saturated carbocycles. The summed E-state index contributed by atoms with van der Waals surface area (Å²) in [6, 6.07) is 0. The minimum atomic E-state index is -0.731. The Hall–Kier alpha value is -0.470. The molecule has 10 radical (unpaired) electrons. The standard InChI is InChI=1S/C12H12B6O2/c1-11(2)12(3,4)20-18(19-11)10-8(16)6(14)5(13)7(15)9(10)17/h1-4H3. The van der Waals surface area contributed by atoms with Crippen molar-refractivity contribution in [1.82, 2.24) is 0 Å². The molecule has 0 aromatic heterocycles. The quantitative estimate of drug-likeness (QED) is 0.474. The van der Waals surface area contributed by atoms with E-state index in [1.807, 2.05) is 27.7 Å². The molecule has 0 atom stereocenters. The molecule has 0 unspecified atom stereocenters. The van der Waals surface area contributed by atoms with Crippen molar-refractivity contribution >= 4 is 79.1 Å². The smallest absolute Gasteiger partial charge is 0.399 e. The molecule has 1 heterocycles. The van der Waals surface area contributed by atoms with Crippen molar-refractivity contribution in [2.45, 2.75) is 38.9 Å². The monoisotopic (exact) mass is 254 g/mol. The molecular weight excluding hydrogens is 241 g/mol. The lowest BCUT2D eigenvalue weighted by atomic mass is 9.54. The molecule has 2 nitrogen and oxygen atoms in total. The van der Waals surface area contributed by atoms with Crippen molar-refractivity contribution in [3.63, 3.8) is 0 Å². The van der Waals surface area contributed by atoms with Crippen LogP contribution in [0.3, 0.4) is 0 Å². The summed E-state index contributed by atoms with van der Waals surface area (Å²) in [4.78, 5) is 0. The summed E-state index contributed by atoms with van der Waals surface area (Å²) < 4.78 is 11.9. The lowest BCUT2D eigenvalue weighted by molar-refractivity contribution is 0.00578. The van der Waals surface area contributed by atoms with Gasteiger partial charge in [0, 0.05) is 0 Å². The van der Waals surface area contributed by atoms with Crippen LogP contribution >= 0.6 is 0 Å². The molecule has 0 amide bonds. The third kappa shape index (κ3) is 2.21. The Labute approximate surface area is 127 Å². The third-order valence-electron chi connectivity index (χ3n) is 4.23. The summed E-state index contributed by atoms with van der Waals surface area (Å²) in [6.45, 7) is 7.74. The van der Waals surface area contributed by atoms with Crippen molar-refractivity contribution in [3.8, 4) is 0 Å². The first kappa shape index (κ1) is 15.9. The van der Waals surface area contributed by atoms with Gasteiger partial charge in [0.2, 0.25) is 0 Å². The van der Waals surface area contributed by atoms with Gasteiger partial charge in [-0.15, -0.1) is 27.3 Å². The second kappa shape index (κ2) is 4.78. The van der Waals surface area contributed by atoms with E-state index in [2.05, 4.69) is 0 Å². The fourth-order valence-corrected chi connectivity index (χ4v) is 2.09. The van der Waals surface area contributed by atoms with Crippen LogP contribution < -0.4 is 32.8 Å². The second-order valence-corrected chi connectivity index (χ2v) is 6.07. The van der Waals surface area contributed by atoms with Crippen molar-refractivity contribution < 1.29 is 9.31 Å². The van der Waals surface area contributed by atoms with Gasteiger partial charge < -0.3 is 9.31 Å². The Morgan fingerprint density at radius 2 is 0.950 bits per heavy atom. The van der Waals surface area contributed by atoms with E-state index >= 15 is 0 Å². The van der Waals surface area contributed by atoms with E-state index in [0.29, 0.717) is 5.46 Å². The number of hydrogen-bond acceptors (Lipinski definition) is 2. The predicted molar refractivity (Wildman–Crippen MR) is 89.1 cm³/mol. The van der Waals surface area contributed by atoms with Gasteiger partial charge in [-0.3, -0.25) is 0 Å². The van der Waals surface area contributed by atoms with Gasteiger partial charge >= 0.3 is 7.12 Å². The van der Waals surface area contributed by atoms with Crippen LogP contribution in [-0.2, 0) is 9.31 Å². The van der Waals surface area contributed by atoms with E-state index in [4.69, 9.17) is 48.5 Å². The van der Waals surface area contributed by atoms with Crippen LogP contribution in [0.25, 0.3) is 0 Å². The summed E-state index contributed by atoms with van der Waals surface area (Å²) >= 11 is 0. The molecule has 1 aromatic carbocycles. The van der Waals surface area contributed by atoms with Crippen LogP contribution in [0, 0.1) is 0 Å². The summed E-state index contributed by atoms with van der Waals surface area (Å²) in [5.41, 5.74) is 0.472. The fourth-order valence-electron chi connectivity index (χ4n) is 2.09. The summed E-state index contributed by atoms with van der Waals surface area (Å²) in [7, 11) is 28.8. The van der Waals surface area contributed by atoms with Gasteiger partial charge in [0.25, 0.3) is 0 Å². The molecule has 2 rings (SSSR count). The average Bonchev–Trinajstić information content (AvgIpc) is 2.53. The molecule has 0 aliphatic carbocycles. The van der Waals surface area contributed by atoms with E-state index in [-0.39, 0.29) is 27.3 Å². The third-order valence-corrected chi connectivity index (χ3v) is 4.23. The highest BCUT2D eigenvalue weighted by molar-refractivity contribution is 6.79. The van der Waals surface area contributed by atoms with Gasteiger partial charge in [0.05, 0.1) is 11.2 Å². The van der Waals surface area contributed by atoms with Crippen LogP contribution in [0.1, 0.15) is 27.7 Å². The second-order valence-electron chi connectivity index (χ2n) is 6.07. The number of rotatable bonds is 1. The van der Waals surface area contributed by atoms with Gasteiger partial charge in [-0.05, 0) is 33.2 Å². The zero-order chi connectivity index (χ0) is 15.5. The molecular formula is C12H12B6O2. The van der Waals surface area contributed by atoms with Gasteiger partial charge in [0.15, 0.2) is 0 Å². The van der Waals surface area contributed by atoms with Crippen molar-refractivity contribution in [2.75, 3.05) is 0 Å². The molecule has 20 heavy (non-hydrogen) atoms. The lowest BCUT2D eigenvalue weighted by Crippen LogP contribution is -2.67. The predicted octanol–water partition coefficient (Wildman–Crippen LogP) is -4.05. The topological polar surface area (TPSA) is 18.5 Å². The van der Waals surface area contributed by atoms with Gasteiger partial charge in [-0.25, -0.2) is 0 Å². The van der Waals surface area contributed by atoms with Gasteiger partial charge in [-0.2, -0.15) is 0 Å². The normalized spacial score (nSPS) is 20.3. The maximum Gasteiger partial charge on any atom is 0.493 e. The Balaban J connectivity index is 2.57. The maximum atomic E-state index is 6.01. The minimum absolute atomic E-state index is 0.181. The first-order valence-corrected chi connectivity index (χ1v) is 6.36. The van der Waals surface area contributed by atoms with Crippen LogP contribution in [-0.4, -0.2) is 57.6 Å². The number of benzene rings is 1. The zero-order valence-electron chi connectivity index (χ0n) is 12.3. The summed E-state index contributed by atoms with van der Waals surface area (Å²) in [5, 5.41) is 0. The summed E-state index contributed by atoms with van der Waals surface area (Å²) in [6.07, 6.45) is 0. The molecule has 0 N–H and O–H groups in total. The molecule has 1 aliphatic rings. The Morgan fingerprint density at radius 3 is 1.30 bits per heavy atom. The largest absolute Gasteiger partial charge is 0.493 e. The minimum Gasteiger partial charge on any atom is -0.399 e. The molecule has 0 spiro atoms. The molecule has 1 fully saturated rings. The molecule has 90 valence electrons. The zero-order valence-corrected chi connectivity index (χ0v) is 12.3. The Morgan fingerprint density at radius 1 is 0.650 bits per heavy atom. The fraction of sp³-hybridized carbons (Fsp3) is 0.500. The van der Waals surface area contributed by atoms with E-state index < -0.39 is 18.3 Å². The van der Waals surface area contributed by atoms with Crippen LogP contribution in [0.4, 0.5) is 0 Å². The molecule has 1 aliphatic heterocycles. The van der Waals surface area contributed by atoms with Crippen molar-refractivity contribution in [3.05, 3.63) is 0 Å². The SMILES string of the molecule is [B]c1c([B])c([B])c(B2OC(C)(C)C(C)(C)O2)c([B])c1[B]. The van der Waals surface area contributed by atoms with Gasteiger partial charge in [-0.1, -0.05) is 0 Å². The van der Waals surface area contributed by atoms with Crippen molar-refractivity contribution in [2.24, 2.45) is 0 Å². The molecule has 1 aromatic rings. The maximum absolute atomic E-state index is 6.01. The van der Waals surface area contributed by atoms with E-state index in [0.717, 1.165) is 0 Å². The highest BCUT2D eigenvalue weighted by Gasteiger charge is 2.52. The van der Waals surface area contributed by atoms with Crippen LogP contribution in [0.2, 0.25) is 0 Å². The van der Waals surface area contributed by atoms with Crippen molar-refractivity contribution in [1.29, 1.82) is 0 Å². The van der Waals surface area contributed by atoms with Gasteiger partial charge in [0.1, 0.15) is 39.2 Å². The summed E-state index contributed by atoms with van der Waals surface area (Å²) in [5.74, 6) is 0. The highest BCUT2D eigenvalue weighted by Crippen LogP contribution is 2.36. The average molecular weight is 253 g/mol. The van der Waals surface area contributed by atoms with E-state index in [1.165, 1.54) is 0 Å². The first-order chi connectivity index (χ1) is 8.99. The number of hydrogen-bond donors (Lipinski definition) is 0. The van der Waals surface area contributed by atoms with Crippen LogP contribution in [0.5, 0.6) is 0 Å². The van der Waals surface area contributed by atoms with E-state index in [1.54, 1.807) is 0 Å². The Kier molecular flexibility index (Phi) is 3.80. The Bertz CT molecular complexity index is 525. The first-order valence-electron chi connectivity index (χ1n) is 6.36.